The van der Waals surface area contributed by atoms with Gasteiger partial charge < -0.3 is 15.4 Å². The number of ether oxygens (including phenoxy) is 1. The van der Waals surface area contributed by atoms with Gasteiger partial charge in [0.05, 0.1) is 49.0 Å². The van der Waals surface area contributed by atoms with Crippen LogP contribution in [0.5, 0.6) is 5.75 Å². The summed E-state index contributed by atoms with van der Waals surface area (Å²) >= 11 is 1.65. The summed E-state index contributed by atoms with van der Waals surface area (Å²) in [4.78, 5) is 11.9. The molecule has 6 heteroatoms. The van der Waals surface area contributed by atoms with Crippen molar-refractivity contribution in [3.63, 3.8) is 0 Å². The highest BCUT2D eigenvalue weighted by molar-refractivity contribution is 7.09. The molecule has 0 saturated heterocycles. The lowest BCUT2D eigenvalue weighted by Crippen LogP contribution is -2.36. The van der Waals surface area contributed by atoms with E-state index in [1.165, 1.54) is 4.88 Å². The van der Waals surface area contributed by atoms with Crippen LogP contribution in [0.2, 0.25) is 0 Å². The quantitative estimate of drug-likeness (QED) is 0.890. The number of methoxy groups -OCH3 is 1. The van der Waals surface area contributed by atoms with Crippen molar-refractivity contribution in [2.75, 3.05) is 18.6 Å². The van der Waals surface area contributed by atoms with E-state index in [1.807, 2.05) is 17.8 Å². The molecule has 0 aromatic carbocycles. The summed E-state index contributed by atoms with van der Waals surface area (Å²) in [5, 5.41) is 0. The molecular formula is C12H14N4OS. The Morgan fingerprint density at radius 3 is 3.22 bits per heavy atom. The van der Waals surface area contributed by atoms with Crippen molar-refractivity contribution in [3.8, 4) is 5.75 Å². The summed E-state index contributed by atoms with van der Waals surface area (Å²) in [6.07, 6.45) is 3.53. The minimum atomic E-state index is -0.0359. The second-order valence-corrected chi connectivity index (χ2v) is 5.17. The minimum absolute atomic E-state index is 0.0359. The van der Waals surface area contributed by atoms with Gasteiger partial charge in [-0.25, -0.2) is 4.98 Å². The average molecular weight is 262 g/mol. The van der Waals surface area contributed by atoms with Crippen LogP contribution in [0.4, 0.5) is 5.69 Å². The van der Waals surface area contributed by atoms with E-state index in [4.69, 9.17) is 10.5 Å². The van der Waals surface area contributed by atoms with E-state index < -0.39 is 0 Å². The molecule has 1 atom stereocenters. The molecule has 2 aromatic heterocycles. The lowest BCUT2D eigenvalue weighted by Gasteiger charge is -2.31. The Morgan fingerprint density at radius 1 is 1.50 bits per heavy atom. The molecule has 1 aliphatic heterocycles. The zero-order valence-electron chi connectivity index (χ0n) is 10.0. The van der Waals surface area contributed by atoms with Crippen molar-refractivity contribution in [1.82, 2.24) is 9.97 Å². The molecule has 3 heterocycles. The van der Waals surface area contributed by atoms with Crippen molar-refractivity contribution < 1.29 is 4.74 Å². The van der Waals surface area contributed by atoms with Crippen molar-refractivity contribution >= 4 is 17.0 Å². The topological polar surface area (TPSA) is 64.3 Å². The van der Waals surface area contributed by atoms with E-state index >= 15 is 0 Å². The maximum atomic E-state index is 6.14. The Kier molecular flexibility index (Phi) is 2.89. The second kappa shape index (κ2) is 4.55. The molecule has 0 bridgehead atoms. The molecular weight excluding hydrogens is 248 g/mol. The normalized spacial score (nSPS) is 18.6. The third-order valence-electron chi connectivity index (χ3n) is 3.07. The smallest absolute Gasteiger partial charge is 0.139 e. The monoisotopic (exact) mass is 262 g/mol. The summed E-state index contributed by atoms with van der Waals surface area (Å²) in [7, 11) is 1.64. The molecule has 0 radical (unpaired) electrons. The Morgan fingerprint density at radius 2 is 2.39 bits per heavy atom. The van der Waals surface area contributed by atoms with Crippen LogP contribution in [0.25, 0.3) is 0 Å². The Balaban J connectivity index is 1.90. The molecule has 5 nitrogen and oxygen atoms in total. The highest BCUT2D eigenvalue weighted by Crippen LogP contribution is 2.31. The van der Waals surface area contributed by atoms with Crippen molar-refractivity contribution in [1.29, 1.82) is 0 Å². The molecule has 3 rings (SSSR count). The summed E-state index contributed by atoms with van der Waals surface area (Å²) < 4.78 is 5.20. The maximum Gasteiger partial charge on any atom is 0.139 e. The SMILES string of the molecule is COc1cncc(N2Cc3scnc3C(N)C2)c1. The van der Waals surface area contributed by atoms with E-state index in [1.54, 1.807) is 24.6 Å². The van der Waals surface area contributed by atoms with Crippen molar-refractivity contribution in [3.05, 3.63) is 34.5 Å². The standard InChI is InChI=1S/C12H14N4OS/c1-17-9-2-8(3-14-4-9)16-5-10(13)12-11(6-16)18-7-15-12/h2-4,7,10H,5-6,13H2,1H3. The van der Waals surface area contributed by atoms with Gasteiger partial charge in [-0.3, -0.25) is 4.98 Å². The van der Waals surface area contributed by atoms with Crippen LogP contribution < -0.4 is 15.4 Å². The molecule has 18 heavy (non-hydrogen) atoms. The summed E-state index contributed by atoms with van der Waals surface area (Å²) in [5.74, 6) is 0.760. The first-order valence-corrected chi connectivity index (χ1v) is 6.57. The predicted molar refractivity (Wildman–Crippen MR) is 70.9 cm³/mol. The third kappa shape index (κ3) is 1.93. The summed E-state index contributed by atoms with van der Waals surface area (Å²) in [6.45, 7) is 1.59. The van der Waals surface area contributed by atoms with Gasteiger partial charge in [0.15, 0.2) is 0 Å². The van der Waals surface area contributed by atoms with E-state index in [2.05, 4.69) is 14.9 Å². The summed E-state index contributed by atoms with van der Waals surface area (Å²) in [5.41, 5.74) is 10.1. The first kappa shape index (κ1) is 11.4. The zero-order chi connectivity index (χ0) is 12.5. The highest BCUT2D eigenvalue weighted by Gasteiger charge is 2.25. The number of thiazole rings is 1. The van der Waals surface area contributed by atoms with Gasteiger partial charge in [-0.1, -0.05) is 0 Å². The van der Waals surface area contributed by atoms with Gasteiger partial charge in [0.2, 0.25) is 0 Å². The second-order valence-electron chi connectivity index (χ2n) is 4.23. The lowest BCUT2D eigenvalue weighted by atomic mass is 10.1. The average Bonchev–Trinajstić information content (AvgIpc) is 2.87. The number of rotatable bonds is 2. The first-order valence-electron chi connectivity index (χ1n) is 5.69. The molecule has 0 aliphatic carbocycles. The molecule has 1 aliphatic rings. The van der Waals surface area contributed by atoms with Gasteiger partial charge in [0, 0.05) is 17.5 Å². The minimum Gasteiger partial charge on any atom is -0.495 e. The van der Waals surface area contributed by atoms with Gasteiger partial charge in [-0.05, 0) is 0 Å². The number of hydrogen-bond donors (Lipinski definition) is 1. The number of anilines is 1. The zero-order valence-corrected chi connectivity index (χ0v) is 10.9. The fourth-order valence-electron chi connectivity index (χ4n) is 2.15. The van der Waals surface area contributed by atoms with Gasteiger partial charge in [0.1, 0.15) is 5.75 Å². The van der Waals surface area contributed by atoms with Crippen LogP contribution in [0.1, 0.15) is 16.6 Å². The number of hydrogen-bond acceptors (Lipinski definition) is 6. The molecule has 1 unspecified atom stereocenters. The van der Waals surface area contributed by atoms with E-state index in [0.717, 1.165) is 30.2 Å². The Bertz CT molecular complexity index is 557. The van der Waals surface area contributed by atoms with E-state index in [-0.39, 0.29) is 6.04 Å². The molecule has 0 fully saturated rings. The van der Waals surface area contributed by atoms with Gasteiger partial charge in [-0.15, -0.1) is 11.3 Å². The molecule has 2 aromatic rings. The molecule has 0 spiro atoms. The largest absolute Gasteiger partial charge is 0.495 e. The molecule has 2 N–H and O–H groups in total. The third-order valence-corrected chi connectivity index (χ3v) is 3.91. The van der Waals surface area contributed by atoms with Crippen LogP contribution in [0.3, 0.4) is 0 Å². The van der Waals surface area contributed by atoms with Crippen LogP contribution >= 0.6 is 11.3 Å². The highest BCUT2D eigenvalue weighted by atomic mass is 32.1. The number of nitrogens with zero attached hydrogens (tertiary/aromatic N) is 3. The van der Waals surface area contributed by atoms with E-state index in [0.29, 0.717) is 0 Å². The van der Waals surface area contributed by atoms with Crippen LogP contribution in [0, 0.1) is 0 Å². The van der Waals surface area contributed by atoms with Crippen LogP contribution in [0.15, 0.2) is 24.0 Å². The number of pyridine rings is 1. The number of nitrogens with two attached hydrogens (primary N) is 1. The number of aromatic nitrogens is 2. The molecule has 0 saturated carbocycles. The first-order chi connectivity index (χ1) is 8.78. The summed E-state index contributed by atoms with van der Waals surface area (Å²) in [6, 6.07) is 1.94. The van der Waals surface area contributed by atoms with Gasteiger partial charge in [-0.2, -0.15) is 0 Å². The maximum absolute atomic E-state index is 6.14. The molecule has 0 amide bonds. The number of fused-ring (bicyclic) bond motifs is 1. The van der Waals surface area contributed by atoms with Crippen molar-refractivity contribution in [2.24, 2.45) is 5.73 Å². The predicted octanol–water partition coefficient (Wildman–Crippen LogP) is 1.57. The van der Waals surface area contributed by atoms with Crippen molar-refractivity contribution in [2.45, 2.75) is 12.6 Å². The van der Waals surface area contributed by atoms with Crippen LogP contribution in [-0.4, -0.2) is 23.6 Å². The van der Waals surface area contributed by atoms with Gasteiger partial charge >= 0.3 is 0 Å². The Hall–Kier alpha value is -1.66. The molecule has 94 valence electrons. The van der Waals surface area contributed by atoms with E-state index in [9.17, 15) is 0 Å². The van der Waals surface area contributed by atoms with Crippen LogP contribution in [-0.2, 0) is 6.54 Å². The Labute approximate surface area is 109 Å². The van der Waals surface area contributed by atoms with Gasteiger partial charge in [0.25, 0.3) is 0 Å². The lowest BCUT2D eigenvalue weighted by molar-refractivity contribution is 0.412. The fraction of sp³-hybridized carbons (Fsp3) is 0.333. The fourth-order valence-corrected chi connectivity index (χ4v) is 3.00.